The zero-order valence-electron chi connectivity index (χ0n) is 18.6. The van der Waals surface area contributed by atoms with E-state index < -0.39 is 11.6 Å². The molecule has 1 N–H and O–H groups in total. The predicted octanol–water partition coefficient (Wildman–Crippen LogP) is 1.81. The van der Waals surface area contributed by atoms with Gasteiger partial charge >= 0.3 is 5.97 Å². The Labute approximate surface area is 193 Å². The number of nitrogens with zero attached hydrogens (tertiary/aromatic N) is 2. The van der Waals surface area contributed by atoms with Gasteiger partial charge in [0.2, 0.25) is 6.79 Å². The van der Waals surface area contributed by atoms with Crippen LogP contribution in [0.25, 0.3) is 22.3 Å². The summed E-state index contributed by atoms with van der Waals surface area (Å²) in [6.45, 7) is 2.12. The highest BCUT2D eigenvalue weighted by Crippen LogP contribution is 2.42. The van der Waals surface area contributed by atoms with Gasteiger partial charge < -0.3 is 28.6 Å². The number of cyclic esters (lactones) is 1. The number of hydrogen-bond donors (Lipinski definition) is 1. The average molecular weight is 460 g/mol. The molecule has 0 amide bonds. The Bertz CT molecular complexity index is 1530. The molecule has 0 radical (unpaired) electrons. The first kappa shape index (κ1) is 20.7. The maximum Gasteiger partial charge on any atom is 0.343 e. The van der Waals surface area contributed by atoms with E-state index in [2.05, 4.69) is 11.8 Å². The van der Waals surface area contributed by atoms with Gasteiger partial charge in [-0.1, -0.05) is 18.8 Å². The van der Waals surface area contributed by atoms with Crippen LogP contribution in [0.5, 0.6) is 11.5 Å². The van der Waals surface area contributed by atoms with Gasteiger partial charge in [0.1, 0.15) is 13.2 Å². The average Bonchev–Trinajstić information content (AvgIpc) is 3.44. The molecule has 3 aliphatic rings. The first-order chi connectivity index (χ1) is 16.5. The lowest BCUT2D eigenvalue weighted by Crippen LogP contribution is -2.44. The Hall–Kier alpha value is -3.87. The van der Waals surface area contributed by atoms with Crippen molar-refractivity contribution in [1.82, 2.24) is 9.55 Å². The number of pyridine rings is 2. The van der Waals surface area contributed by atoms with Crippen molar-refractivity contribution in [2.24, 2.45) is 0 Å². The highest BCUT2D eigenvalue weighted by atomic mass is 16.7. The van der Waals surface area contributed by atoms with Crippen LogP contribution in [0.4, 0.5) is 0 Å². The van der Waals surface area contributed by atoms with E-state index in [0.717, 1.165) is 16.5 Å². The van der Waals surface area contributed by atoms with E-state index in [4.69, 9.17) is 23.9 Å². The Kier molecular flexibility index (Phi) is 4.46. The van der Waals surface area contributed by atoms with Gasteiger partial charge in [0.05, 0.1) is 29.0 Å². The number of hydrogen-bond acceptors (Lipinski definition) is 8. The van der Waals surface area contributed by atoms with Crippen molar-refractivity contribution in [3.05, 3.63) is 50.8 Å². The second kappa shape index (κ2) is 7.32. The highest BCUT2D eigenvalue weighted by Gasteiger charge is 2.45. The molecule has 0 unspecified atom stereocenters. The first-order valence-corrected chi connectivity index (χ1v) is 10.9. The molecule has 5 heterocycles. The molecule has 9 heteroatoms. The number of rotatable bonds is 2. The van der Waals surface area contributed by atoms with E-state index >= 15 is 0 Å². The van der Waals surface area contributed by atoms with Gasteiger partial charge in [0.15, 0.2) is 17.1 Å². The van der Waals surface area contributed by atoms with Gasteiger partial charge in [-0.25, -0.2) is 9.78 Å². The van der Waals surface area contributed by atoms with Crippen LogP contribution < -0.4 is 15.0 Å². The van der Waals surface area contributed by atoms with Crippen LogP contribution in [0, 0.1) is 11.8 Å². The molecule has 9 nitrogen and oxygen atoms in total. The standard InChI is InChI=1S/C25H20N2O7/c1-3-25(30)17-8-19-22-15(10-27(19)23(28)16(17)11-32-24(25)29)13(5-4-6-31-2)14-7-20-21(34-12-33-20)9-18(14)26-22/h7-9,30H,3,6,10-12H2,1-2H3/t25-/m0/s1. The van der Waals surface area contributed by atoms with Crippen molar-refractivity contribution >= 4 is 16.9 Å². The van der Waals surface area contributed by atoms with Crippen LogP contribution in [0.15, 0.2) is 23.0 Å². The number of fused-ring (bicyclic) bond motifs is 6. The fourth-order valence-electron chi connectivity index (χ4n) is 4.81. The molecule has 3 aliphatic heterocycles. The summed E-state index contributed by atoms with van der Waals surface area (Å²) in [5.74, 6) is 6.62. The summed E-state index contributed by atoms with van der Waals surface area (Å²) in [7, 11) is 1.57. The molecule has 1 aromatic carbocycles. The smallest absolute Gasteiger partial charge is 0.343 e. The van der Waals surface area contributed by atoms with Gasteiger partial charge in [0, 0.05) is 35.3 Å². The molecule has 172 valence electrons. The van der Waals surface area contributed by atoms with E-state index in [1.165, 1.54) is 0 Å². The summed E-state index contributed by atoms with van der Waals surface area (Å²) in [6.07, 6.45) is 0.0803. The highest BCUT2D eigenvalue weighted by molar-refractivity contribution is 5.93. The zero-order chi connectivity index (χ0) is 23.6. The summed E-state index contributed by atoms with van der Waals surface area (Å²) >= 11 is 0. The van der Waals surface area contributed by atoms with E-state index in [1.54, 1.807) is 30.7 Å². The van der Waals surface area contributed by atoms with Crippen LogP contribution >= 0.6 is 0 Å². The molecule has 0 bridgehead atoms. The maximum absolute atomic E-state index is 13.4. The number of carbonyl (C=O) groups is 1. The van der Waals surface area contributed by atoms with E-state index in [0.29, 0.717) is 28.4 Å². The lowest BCUT2D eigenvalue weighted by atomic mass is 9.86. The van der Waals surface area contributed by atoms with Crippen molar-refractivity contribution in [1.29, 1.82) is 0 Å². The minimum atomic E-state index is -1.88. The van der Waals surface area contributed by atoms with Crippen molar-refractivity contribution < 1.29 is 28.8 Å². The van der Waals surface area contributed by atoms with E-state index in [-0.39, 0.29) is 49.7 Å². The van der Waals surface area contributed by atoms with Crippen LogP contribution in [0.1, 0.15) is 35.6 Å². The normalized spacial score (nSPS) is 19.2. The number of aliphatic hydroxyl groups is 1. The lowest BCUT2D eigenvalue weighted by Gasteiger charge is -2.31. The summed E-state index contributed by atoms with van der Waals surface area (Å²) in [5, 5.41) is 11.8. The summed E-state index contributed by atoms with van der Waals surface area (Å²) in [6, 6.07) is 5.32. The van der Waals surface area contributed by atoms with Crippen molar-refractivity contribution in [2.75, 3.05) is 20.5 Å². The molecule has 0 saturated heterocycles. The third kappa shape index (κ3) is 2.73. The number of esters is 1. The largest absolute Gasteiger partial charge is 0.458 e. The minimum Gasteiger partial charge on any atom is -0.458 e. The number of methoxy groups -OCH3 is 1. The van der Waals surface area contributed by atoms with Crippen molar-refractivity contribution in [2.45, 2.75) is 32.1 Å². The summed E-state index contributed by atoms with van der Waals surface area (Å²) in [4.78, 5) is 30.7. The van der Waals surface area contributed by atoms with E-state index in [1.807, 2.05) is 6.07 Å². The monoisotopic (exact) mass is 460 g/mol. The molecular weight excluding hydrogens is 440 g/mol. The second-order valence-electron chi connectivity index (χ2n) is 8.37. The molecule has 0 aliphatic carbocycles. The van der Waals surface area contributed by atoms with Gasteiger partial charge in [-0.05, 0) is 18.6 Å². The molecule has 2 aromatic heterocycles. The topological polar surface area (TPSA) is 109 Å². The molecule has 0 spiro atoms. The number of ether oxygens (including phenoxy) is 4. The number of carbonyl (C=O) groups excluding carboxylic acids is 1. The fourth-order valence-corrected chi connectivity index (χ4v) is 4.81. The third-order valence-corrected chi connectivity index (χ3v) is 6.61. The third-order valence-electron chi connectivity index (χ3n) is 6.61. The van der Waals surface area contributed by atoms with Crippen LogP contribution in [0.3, 0.4) is 0 Å². The molecule has 1 atom stereocenters. The molecule has 0 fully saturated rings. The first-order valence-electron chi connectivity index (χ1n) is 10.9. The van der Waals surface area contributed by atoms with Gasteiger partial charge in [0.25, 0.3) is 5.56 Å². The van der Waals surface area contributed by atoms with Gasteiger partial charge in [-0.2, -0.15) is 0 Å². The lowest BCUT2D eigenvalue weighted by molar-refractivity contribution is -0.172. The maximum atomic E-state index is 13.4. The van der Waals surface area contributed by atoms with Gasteiger partial charge in [-0.3, -0.25) is 4.79 Å². The summed E-state index contributed by atoms with van der Waals surface area (Å²) in [5.41, 5.74) is 1.58. The number of benzene rings is 1. The van der Waals surface area contributed by atoms with Gasteiger partial charge in [-0.15, -0.1) is 0 Å². The van der Waals surface area contributed by atoms with Crippen LogP contribution in [0.2, 0.25) is 0 Å². The molecule has 0 saturated carbocycles. The Morgan fingerprint density at radius 1 is 1.18 bits per heavy atom. The second-order valence-corrected chi connectivity index (χ2v) is 8.37. The molecule has 6 rings (SSSR count). The Balaban J connectivity index is 1.65. The fraction of sp³-hybridized carbons (Fsp3) is 0.320. The SMILES string of the molecule is CC[C@@]1(O)C(=O)OCc2c1cc1n(c2=O)Cc2c-1nc1cc3c(cc1c2C#CCOC)OCO3. The Morgan fingerprint density at radius 2 is 1.97 bits per heavy atom. The predicted molar refractivity (Wildman–Crippen MR) is 119 cm³/mol. The van der Waals surface area contributed by atoms with E-state index in [9.17, 15) is 14.7 Å². The number of aromatic nitrogens is 2. The molecule has 3 aromatic rings. The summed E-state index contributed by atoms with van der Waals surface area (Å²) < 4.78 is 22.9. The quantitative estimate of drug-likeness (QED) is 0.356. The van der Waals surface area contributed by atoms with Crippen LogP contribution in [-0.4, -0.2) is 41.1 Å². The minimum absolute atomic E-state index is 0.0803. The zero-order valence-corrected chi connectivity index (χ0v) is 18.6. The van der Waals surface area contributed by atoms with Crippen molar-refractivity contribution in [3.8, 4) is 34.7 Å². The molecular formula is C25H20N2O7. The Morgan fingerprint density at radius 3 is 2.74 bits per heavy atom. The molecule has 34 heavy (non-hydrogen) atoms. The van der Waals surface area contributed by atoms with Crippen molar-refractivity contribution in [3.63, 3.8) is 0 Å². The van der Waals surface area contributed by atoms with Crippen LogP contribution in [-0.2, 0) is 33.0 Å².